The van der Waals surface area contributed by atoms with Gasteiger partial charge in [0.25, 0.3) is 0 Å². The lowest BCUT2D eigenvalue weighted by molar-refractivity contribution is 0.747. The summed E-state index contributed by atoms with van der Waals surface area (Å²) in [5.41, 5.74) is 0. The lowest BCUT2D eigenvalue weighted by atomic mass is 10.5. The molecule has 1 N–H and O–H groups in total. The zero-order valence-electron chi connectivity index (χ0n) is 8.35. The summed E-state index contributed by atoms with van der Waals surface area (Å²) < 4.78 is 2.38. The fraction of sp³-hybridized carbons (Fsp3) is 0.250. The van der Waals surface area contributed by atoms with Crippen molar-refractivity contribution in [2.75, 3.05) is 5.32 Å². The van der Waals surface area contributed by atoms with Gasteiger partial charge in [-0.2, -0.15) is 10.1 Å². The van der Waals surface area contributed by atoms with Crippen LogP contribution in [0.1, 0.15) is 5.82 Å². The SMILES string of the molecule is Cn1cnc(CNc2nc(Cl)ncc2Br)n1. The van der Waals surface area contributed by atoms with Crippen molar-refractivity contribution >= 4 is 33.3 Å². The number of aryl methyl sites for hydroxylation is 1. The third-order valence-electron chi connectivity index (χ3n) is 1.78. The van der Waals surface area contributed by atoms with Crippen molar-refractivity contribution in [2.24, 2.45) is 7.05 Å². The second kappa shape index (κ2) is 4.75. The van der Waals surface area contributed by atoms with Gasteiger partial charge in [-0.05, 0) is 27.5 Å². The Kier molecular flexibility index (Phi) is 3.35. The highest BCUT2D eigenvalue weighted by molar-refractivity contribution is 9.10. The molecular weight excluding hydrogens is 295 g/mol. The van der Waals surface area contributed by atoms with Crippen molar-refractivity contribution in [1.82, 2.24) is 24.7 Å². The van der Waals surface area contributed by atoms with E-state index in [1.165, 1.54) is 0 Å². The van der Waals surface area contributed by atoms with Crippen LogP contribution in [0.25, 0.3) is 0 Å². The van der Waals surface area contributed by atoms with E-state index in [-0.39, 0.29) is 5.28 Å². The first-order chi connectivity index (χ1) is 7.65. The van der Waals surface area contributed by atoms with Crippen LogP contribution >= 0.6 is 27.5 Å². The smallest absolute Gasteiger partial charge is 0.224 e. The Morgan fingerprint density at radius 1 is 1.50 bits per heavy atom. The minimum absolute atomic E-state index is 0.194. The Hall–Kier alpha value is -1.21. The molecule has 0 spiro atoms. The fourth-order valence-electron chi connectivity index (χ4n) is 1.10. The second-order valence-electron chi connectivity index (χ2n) is 3.02. The molecule has 0 atom stereocenters. The van der Waals surface area contributed by atoms with E-state index in [2.05, 4.69) is 41.3 Å². The second-order valence-corrected chi connectivity index (χ2v) is 4.22. The van der Waals surface area contributed by atoms with Crippen LogP contribution in [-0.4, -0.2) is 24.7 Å². The highest BCUT2D eigenvalue weighted by atomic mass is 79.9. The monoisotopic (exact) mass is 302 g/mol. The van der Waals surface area contributed by atoms with E-state index in [0.29, 0.717) is 18.2 Å². The zero-order valence-corrected chi connectivity index (χ0v) is 10.7. The van der Waals surface area contributed by atoms with Gasteiger partial charge in [0.15, 0.2) is 5.82 Å². The lowest BCUT2D eigenvalue weighted by Gasteiger charge is -2.04. The van der Waals surface area contributed by atoms with Crippen LogP contribution in [-0.2, 0) is 13.6 Å². The minimum Gasteiger partial charge on any atom is -0.362 e. The summed E-state index contributed by atoms with van der Waals surface area (Å²) in [5, 5.41) is 7.39. The molecule has 0 saturated heterocycles. The third kappa shape index (κ3) is 2.67. The van der Waals surface area contributed by atoms with Crippen LogP contribution < -0.4 is 5.32 Å². The predicted octanol–water partition coefficient (Wildman–Crippen LogP) is 1.63. The van der Waals surface area contributed by atoms with Gasteiger partial charge in [0.05, 0.1) is 11.0 Å². The quantitative estimate of drug-likeness (QED) is 0.873. The molecule has 16 heavy (non-hydrogen) atoms. The lowest BCUT2D eigenvalue weighted by Crippen LogP contribution is -2.05. The molecule has 2 rings (SSSR count). The van der Waals surface area contributed by atoms with Gasteiger partial charge in [-0.25, -0.2) is 9.97 Å². The fourth-order valence-corrected chi connectivity index (χ4v) is 1.56. The molecule has 0 fully saturated rings. The molecule has 8 heteroatoms. The van der Waals surface area contributed by atoms with E-state index >= 15 is 0 Å². The Balaban J connectivity index is 2.07. The number of rotatable bonds is 3. The summed E-state index contributed by atoms with van der Waals surface area (Å²) in [4.78, 5) is 11.9. The first-order valence-electron chi connectivity index (χ1n) is 4.41. The number of halogens is 2. The number of aromatic nitrogens is 5. The average Bonchev–Trinajstić information content (AvgIpc) is 2.66. The van der Waals surface area contributed by atoms with Crippen molar-refractivity contribution < 1.29 is 0 Å². The molecule has 2 aromatic heterocycles. The molecule has 6 nitrogen and oxygen atoms in total. The highest BCUT2D eigenvalue weighted by Gasteiger charge is 2.05. The predicted molar refractivity (Wildman–Crippen MR) is 63.1 cm³/mol. The van der Waals surface area contributed by atoms with E-state index in [1.54, 1.807) is 17.2 Å². The first kappa shape index (κ1) is 11.3. The molecule has 0 aliphatic rings. The number of nitrogens with zero attached hydrogens (tertiary/aromatic N) is 5. The van der Waals surface area contributed by atoms with Gasteiger partial charge in [-0.15, -0.1) is 0 Å². The average molecular weight is 304 g/mol. The summed E-state index contributed by atoms with van der Waals surface area (Å²) in [5.74, 6) is 1.30. The number of hydrogen-bond donors (Lipinski definition) is 1. The van der Waals surface area contributed by atoms with Crippen molar-refractivity contribution in [3.05, 3.63) is 28.1 Å². The number of anilines is 1. The van der Waals surface area contributed by atoms with Crippen LogP contribution in [0, 0.1) is 0 Å². The normalized spacial score (nSPS) is 10.4. The molecule has 0 aromatic carbocycles. The van der Waals surface area contributed by atoms with E-state index in [1.807, 2.05) is 7.05 Å². The van der Waals surface area contributed by atoms with Gasteiger partial charge in [0, 0.05) is 13.2 Å². The largest absolute Gasteiger partial charge is 0.362 e. The van der Waals surface area contributed by atoms with Gasteiger partial charge >= 0.3 is 0 Å². The van der Waals surface area contributed by atoms with Crippen LogP contribution in [0.5, 0.6) is 0 Å². The molecule has 0 radical (unpaired) electrons. The van der Waals surface area contributed by atoms with E-state index in [9.17, 15) is 0 Å². The van der Waals surface area contributed by atoms with Gasteiger partial charge in [0.2, 0.25) is 5.28 Å². The van der Waals surface area contributed by atoms with Crippen LogP contribution in [0.15, 0.2) is 17.0 Å². The molecule has 0 aliphatic carbocycles. The molecule has 0 aliphatic heterocycles. The van der Waals surface area contributed by atoms with Gasteiger partial charge in [-0.1, -0.05) is 0 Å². The van der Waals surface area contributed by atoms with Crippen LogP contribution in [0.4, 0.5) is 5.82 Å². The van der Waals surface area contributed by atoms with E-state index < -0.39 is 0 Å². The van der Waals surface area contributed by atoms with Gasteiger partial charge in [-0.3, -0.25) is 4.68 Å². The van der Waals surface area contributed by atoms with Crippen molar-refractivity contribution in [3.63, 3.8) is 0 Å². The highest BCUT2D eigenvalue weighted by Crippen LogP contribution is 2.20. The topological polar surface area (TPSA) is 68.5 Å². The van der Waals surface area contributed by atoms with Gasteiger partial charge in [0.1, 0.15) is 12.1 Å². The molecule has 0 bridgehead atoms. The molecule has 84 valence electrons. The Bertz CT molecular complexity index is 499. The summed E-state index contributed by atoms with van der Waals surface area (Å²) in [6, 6.07) is 0. The molecule has 0 unspecified atom stereocenters. The number of nitrogens with one attached hydrogen (secondary N) is 1. The summed E-state index contributed by atoms with van der Waals surface area (Å²) in [6.45, 7) is 0.479. The zero-order chi connectivity index (χ0) is 11.5. The van der Waals surface area contributed by atoms with E-state index in [4.69, 9.17) is 11.6 Å². The molecule has 0 saturated carbocycles. The maximum absolute atomic E-state index is 5.68. The van der Waals surface area contributed by atoms with Crippen LogP contribution in [0.2, 0.25) is 5.28 Å². The standard InChI is InChI=1S/C8H8BrClN6/c1-16-4-13-6(15-16)3-11-7-5(9)2-12-8(10)14-7/h2,4H,3H2,1H3,(H,11,12,14). The van der Waals surface area contributed by atoms with Crippen molar-refractivity contribution in [3.8, 4) is 0 Å². The minimum atomic E-state index is 0.194. The molecule has 2 heterocycles. The summed E-state index contributed by atoms with van der Waals surface area (Å²) in [6.07, 6.45) is 3.22. The molecular formula is C8H8BrClN6. The summed E-state index contributed by atoms with van der Waals surface area (Å²) in [7, 11) is 1.81. The maximum Gasteiger partial charge on any atom is 0.224 e. The van der Waals surface area contributed by atoms with E-state index in [0.717, 1.165) is 4.47 Å². The molecule has 2 aromatic rings. The third-order valence-corrected chi connectivity index (χ3v) is 2.54. The number of hydrogen-bond acceptors (Lipinski definition) is 5. The van der Waals surface area contributed by atoms with Crippen molar-refractivity contribution in [2.45, 2.75) is 6.54 Å². The Labute approximate surface area is 105 Å². The Morgan fingerprint density at radius 3 is 3.00 bits per heavy atom. The van der Waals surface area contributed by atoms with Crippen molar-refractivity contribution in [1.29, 1.82) is 0 Å². The first-order valence-corrected chi connectivity index (χ1v) is 5.58. The molecule has 0 amide bonds. The maximum atomic E-state index is 5.68. The summed E-state index contributed by atoms with van der Waals surface area (Å²) >= 11 is 9.00. The van der Waals surface area contributed by atoms with Gasteiger partial charge < -0.3 is 5.32 Å². The Morgan fingerprint density at radius 2 is 2.31 bits per heavy atom. The van der Waals surface area contributed by atoms with Crippen LogP contribution in [0.3, 0.4) is 0 Å².